The van der Waals surface area contributed by atoms with Crippen molar-refractivity contribution in [1.82, 2.24) is 9.78 Å². The lowest BCUT2D eigenvalue weighted by atomic mass is 9.84. The molecule has 0 radical (unpaired) electrons. The number of fused-ring (bicyclic) bond motifs is 1. The molecule has 1 unspecified atom stereocenters. The molecule has 0 saturated heterocycles. The Labute approximate surface area is 201 Å². The van der Waals surface area contributed by atoms with Gasteiger partial charge in [-0.2, -0.15) is 10.4 Å². The number of ether oxygens (including phenoxy) is 2. The third-order valence-corrected chi connectivity index (χ3v) is 5.59. The fourth-order valence-electron chi connectivity index (χ4n) is 4.01. The Morgan fingerprint density at radius 3 is 2.60 bits per heavy atom. The Kier molecular flexibility index (Phi) is 5.65. The molecule has 8 heteroatoms. The third kappa shape index (κ3) is 4.18. The zero-order valence-corrected chi connectivity index (χ0v) is 18.7. The summed E-state index contributed by atoms with van der Waals surface area (Å²) in [6.45, 7) is 1.87. The summed E-state index contributed by atoms with van der Waals surface area (Å²) in [6, 6.07) is 22.1. The number of allylic oxidation sites excluding steroid dienone is 1. The minimum atomic E-state index is -0.538. The van der Waals surface area contributed by atoms with Crippen LogP contribution in [0.15, 0.2) is 94.9 Å². The molecule has 0 spiro atoms. The summed E-state index contributed by atoms with van der Waals surface area (Å²) in [6.07, 6.45) is 4.34. The number of hydrogen-bond donors (Lipinski definition) is 1. The second kappa shape index (κ2) is 9.08. The second-order valence-corrected chi connectivity index (χ2v) is 7.82. The summed E-state index contributed by atoms with van der Waals surface area (Å²) in [5.74, 6) is 0.387. The van der Waals surface area contributed by atoms with Gasteiger partial charge in [-0.05, 0) is 55.0 Å². The molecular weight excluding hydrogens is 444 g/mol. The lowest BCUT2D eigenvalue weighted by molar-refractivity contribution is -0.128. The standard InChI is InChI=1S/C27H20N4O4/c1-17-24-25(18-9-11-21(12-10-18)34-23(32)14-13-20-8-5-15-33-20)22(16-28)26(29)35-27(24)31(30-17)19-6-3-2-4-7-19/h2-15,25H,29H2,1H3. The molecule has 8 nitrogen and oxygen atoms in total. The summed E-state index contributed by atoms with van der Waals surface area (Å²) in [5.41, 5.74) is 9.53. The van der Waals surface area contributed by atoms with Crippen LogP contribution in [0.5, 0.6) is 11.6 Å². The summed E-state index contributed by atoms with van der Waals surface area (Å²) >= 11 is 0. The van der Waals surface area contributed by atoms with Crippen LogP contribution in [0.1, 0.15) is 28.5 Å². The molecule has 172 valence electrons. The van der Waals surface area contributed by atoms with E-state index in [1.807, 2.05) is 37.3 Å². The van der Waals surface area contributed by atoms with Crippen molar-refractivity contribution in [3.05, 3.63) is 113 Å². The lowest BCUT2D eigenvalue weighted by Crippen LogP contribution is -2.22. The van der Waals surface area contributed by atoms with Crippen LogP contribution in [0.4, 0.5) is 0 Å². The normalized spacial score (nSPS) is 14.9. The van der Waals surface area contributed by atoms with Crippen molar-refractivity contribution < 1.29 is 18.7 Å². The molecule has 0 bridgehead atoms. The summed E-state index contributed by atoms with van der Waals surface area (Å²) in [5, 5.41) is 14.5. The average Bonchev–Trinajstić information content (AvgIpc) is 3.51. The van der Waals surface area contributed by atoms with Crippen molar-refractivity contribution in [2.45, 2.75) is 12.8 Å². The van der Waals surface area contributed by atoms with Gasteiger partial charge in [-0.1, -0.05) is 30.3 Å². The number of nitrogens with zero attached hydrogens (tertiary/aromatic N) is 3. The van der Waals surface area contributed by atoms with Crippen molar-refractivity contribution in [3.8, 4) is 23.4 Å². The van der Waals surface area contributed by atoms with Gasteiger partial charge < -0.3 is 19.6 Å². The van der Waals surface area contributed by atoms with Gasteiger partial charge in [0.15, 0.2) is 0 Å². The summed E-state index contributed by atoms with van der Waals surface area (Å²) < 4.78 is 18.1. The van der Waals surface area contributed by atoms with Gasteiger partial charge in [0.25, 0.3) is 0 Å². The van der Waals surface area contributed by atoms with Crippen LogP contribution in [0.25, 0.3) is 11.8 Å². The fraction of sp³-hybridized carbons (Fsp3) is 0.0741. The highest BCUT2D eigenvalue weighted by Crippen LogP contribution is 2.44. The number of benzene rings is 2. The highest BCUT2D eigenvalue weighted by molar-refractivity contribution is 5.88. The molecule has 1 aliphatic rings. The molecule has 0 fully saturated rings. The van der Waals surface area contributed by atoms with E-state index in [0.29, 0.717) is 28.7 Å². The third-order valence-electron chi connectivity index (χ3n) is 5.59. The van der Waals surface area contributed by atoms with Gasteiger partial charge in [0.1, 0.15) is 23.2 Å². The quantitative estimate of drug-likeness (QED) is 0.260. The Bertz CT molecular complexity index is 1470. The molecule has 1 atom stereocenters. The van der Waals surface area contributed by atoms with Crippen molar-refractivity contribution in [1.29, 1.82) is 5.26 Å². The number of nitriles is 1. The van der Waals surface area contributed by atoms with Crippen molar-refractivity contribution in [2.75, 3.05) is 0 Å². The minimum absolute atomic E-state index is 0.0284. The number of rotatable bonds is 5. The first-order chi connectivity index (χ1) is 17.0. The molecule has 0 aliphatic carbocycles. The predicted molar refractivity (Wildman–Crippen MR) is 127 cm³/mol. The van der Waals surface area contributed by atoms with E-state index in [1.165, 1.54) is 18.4 Å². The predicted octanol–water partition coefficient (Wildman–Crippen LogP) is 4.61. The van der Waals surface area contributed by atoms with E-state index in [-0.39, 0.29) is 5.88 Å². The summed E-state index contributed by atoms with van der Waals surface area (Å²) in [4.78, 5) is 12.1. The lowest BCUT2D eigenvalue weighted by Gasteiger charge is -2.25. The van der Waals surface area contributed by atoms with Gasteiger partial charge in [-0.3, -0.25) is 0 Å². The number of para-hydroxylation sites is 1. The van der Waals surface area contributed by atoms with Gasteiger partial charge in [0.05, 0.1) is 29.1 Å². The molecule has 35 heavy (non-hydrogen) atoms. The SMILES string of the molecule is Cc1nn(-c2ccccc2)c2c1C(c1ccc(OC(=O)C=Cc3ccco3)cc1)C(C#N)=C(N)O2. The number of aromatic nitrogens is 2. The van der Waals surface area contributed by atoms with Crippen molar-refractivity contribution in [3.63, 3.8) is 0 Å². The molecule has 2 aromatic carbocycles. The largest absolute Gasteiger partial charge is 0.465 e. The molecular formula is C27H20N4O4. The Morgan fingerprint density at radius 2 is 1.91 bits per heavy atom. The Morgan fingerprint density at radius 1 is 1.14 bits per heavy atom. The van der Waals surface area contributed by atoms with Crippen LogP contribution in [-0.4, -0.2) is 15.7 Å². The van der Waals surface area contributed by atoms with Crippen LogP contribution in [-0.2, 0) is 4.79 Å². The van der Waals surface area contributed by atoms with Gasteiger partial charge >= 0.3 is 5.97 Å². The molecule has 1 aliphatic heterocycles. The van der Waals surface area contributed by atoms with Crippen LogP contribution in [0.2, 0.25) is 0 Å². The zero-order chi connectivity index (χ0) is 24.4. The molecule has 5 rings (SSSR count). The van der Waals surface area contributed by atoms with Crippen molar-refractivity contribution >= 4 is 12.0 Å². The van der Waals surface area contributed by atoms with Crippen LogP contribution >= 0.6 is 0 Å². The van der Waals surface area contributed by atoms with Crippen molar-refractivity contribution in [2.24, 2.45) is 5.73 Å². The number of furan rings is 1. The number of nitrogens with two attached hydrogens (primary N) is 1. The van der Waals surface area contributed by atoms with Gasteiger partial charge in [0, 0.05) is 6.08 Å². The maximum absolute atomic E-state index is 12.1. The number of esters is 1. The maximum Gasteiger partial charge on any atom is 0.336 e. The van der Waals surface area contributed by atoms with Gasteiger partial charge in [-0.15, -0.1) is 0 Å². The van der Waals surface area contributed by atoms with E-state index < -0.39 is 11.9 Å². The first-order valence-electron chi connectivity index (χ1n) is 10.8. The molecule has 2 aromatic heterocycles. The number of carbonyl (C=O) groups is 1. The number of aryl methyl sites for hydroxylation is 1. The first-order valence-corrected chi connectivity index (χ1v) is 10.8. The van der Waals surface area contributed by atoms with E-state index in [2.05, 4.69) is 11.2 Å². The smallest absolute Gasteiger partial charge is 0.336 e. The zero-order valence-electron chi connectivity index (χ0n) is 18.7. The number of carbonyl (C=O) groups excluding carboxylic acids is 1. The van der Waals surface area contributed by atoms with Gasteiger partial charge in [-0.25, -0.2) is 9.48 Å². The Hall–Kier alpha value is -5.03. The molecule has 2 N–H and O–H groups in total. The highest BCUT2D eigenvalue weighted by atomic mass is 16.5. The van der Waals surface area contributed by atoms with E-state index >= 15 is 0 Å². The minimum Gasteiger partial charge on any atom is -0.465 e. The monoisotopic (exact) mass is 464 g/mol. The molecule has 4 aromatic rings. The Balaban J connectivity index is 1.46. The second-order valence-electron chi connectivity index (χ2n) is 7.82. The van der Waals surface area contributed by atoms with Gasteiger partial charge in [0.2, 0.25) is 11.8 Å². The molecule has 0 saturated carbocycles. The van der Waals surface area contributed by atoms with Crippen LogP contribution in [0.3, 0.4) is 0 Å². The van der Waals surface area contributed by atoms with E-state index in [1.54, 1.807) is 41.1 Å². The topological polar surface area (TPSA) is 116 Å². The van der Waals surface area contributed by atoms with E-state index in [4.69, 9.17) is 19.6 Å². The number of hydrogen-bond acceptors (Lipinski definition) is 7. The molecule has 0 amide bonds. The highest BCUT2D eigenvalue weighted by Gasteiger charge is 2.36. The first kappa shape index (κ1) is 21.8. The maximum atomic E-state index is 12.1. The van der Waals surface area contributed by atoms with E-state index in [9.17, 15) is 10.1 Å². The van der Waals surface area contributed by atoms with Crippen LogP contribution < -0.4 is 15.2 Å². The van der Waals surface area contributed by atoms with Crippen LogP contribution in [0, 0.1) is 18.3 Å². The average molecular weight is 464 g/mol. The fourth-order valence-corrected chi connectivity index (χ4v) is 4.01. The molecule has 3 heterocycles. The summed E-state index contributed by atoms with van der Waals surface area (Å²) in [7, 11) is 0. The van der Waals surface area contributed by atoms with E-state index in [0.717, 1.165) is 16.8 Å².